The van der Waals surface area contributed by atoms with Crippen LogP contribution in [0.4, 0.5) is 0 Å². The molecule has 0 spiro atoms. The quantitative estimate of drug-likeness (QED) is 0.449. The molecule has 0 aliphatic carbocycles. The van der Waals surface area contributed by atoms with E-state index < -0.39 is 0 Å². The van der Waals surface area contributed by atoms with Crippen molar-refractivity contribution >= 4 is 17.7 Å². The Morgan fingerprint density at radius 1 is 1.17 bits per heavy atom. The van der Waals surface area contributed by atoms with E-state index >= 15 is 0 Å². The van der Waals surface area contributed by atoms with E-state index in [-0.39, 0.29) is 0 Å². The van der Waals surface area contributed by atoms with Crippen LogP contribution in [0.2, 0.25) is 0 Å². The molecule has 0 aromatic carbocycles. The Bertz CT molecular complexity index is 355. The number of guanidine groups is 1. The van der Waals surface area contributed by atoms with Crippen LogP contribution >= 0.6 is 11.8 Å². The van der Waals surface area contributed by atoms with Gasteiger partial charge in [0.25, 0.3) is 0 Å². The van der Waals surface area contributed by atoms with Crippen molar-refractivity contribution in [1.82, 2.24) is 20.0 Å². The van der Waals surface area contributed by atoms with Gasteiger partial charge in [0.2, 0.25) is 0 Å². The van der Waals surface area contributed by atoms with Crippen molar-refractivity contribution in [3.8, 4) is 0 Å². The van der Waals surface area contributed by atoms with E-state index in [4.69, 9.17) is 0 Å². The first kappa shape index (κ1) is 18.9. The number of hydrogen-bond acceptors (Lipinski definition) is 4. The third-order valence-corrected chi connectivity index (χ3v) is 6.26. The second-order valence-corrected chi connectivity index (χ2v) is 8.08. The SMILES string of the molecule is CCC1CN(C(=NC)NCCCCN2CCN(C)CC2)CCS1. The zero-order valence-corrected chi connectivity index (χ0v) is 16.1. The number of thioether (sulfide) groups is 1. The number of nitrogens with zero attached hydrogens (tertiary/aromatic N) is 4. The molecule has 0 saturated carbocycles. The second-order valence-electron chi connectivity index (χ2n) is 6.67. The van der Waals surface area contributed by atoms with E-state index in [0.29, 0.717) is 0 Å². The number of piperazine rings is 1. The van der Waals surface area contributed by atoms with Crippen molar-refractivity contribution in [1.29, 1.82) is 0 Å². The number of hydrogen-bond donors (Lipinski definition) is 1. The van der Waals surface area contributed by atoms with E-state index in [2.05, 4.69) is 50.7 Å². The van der Waals surface area contributed by atoms with Crippen LogP contribution in [0.1, 0.15) is 26.2 Å². The molecule has 0 amide bonds. The molecule has 2 rings (SSSR count). The van der Waals surface area contributed by atoms with E-state index in [1.807, 2.05) is 7.05 Å². The van der Waals surface area contributed by atoms with Crippen LogP contribution in [0.5, 0.6) is 0 Å². The molecule has 0 radical (unpaired) electrons. The Labute approximate surface area is 146 Å². The first-order chi connectivity index (χ1) is 11.2. The molecule has 1 N–H and O–H groups in total. The largest absolute Gasteiger partial charge is 0.356 e. The van der Waals surface area contributed by atoms with Gasteiger partial charge in [-0.1, -0.05) is 6.92 Å². The lowest BCUT2D eigenvalue weighted by molar-refractivity contribution is 0.152. The summed E-state index contributed by atoms with van der Waals surface area (Å²) in [7, 11) is 4.13. The lowest BCUT2D eigenvalue weighted by atomic mass is 10.2. The molecule has 6 heteroatoms. The number of aliphatic imine (C=N–C) groups is 1. The van der Waals surface area contributed by atoms with Crippen molar-refractivity contribution in [3.05, 3.63) is 0 Å². The standard InChI is InChI=1S/C17H35N5S/c1-4-16-15-22(13-14-23-16)17(18-2)19-7-5-6-8-21-11-9-20(3)10-12-21/h16H,4-15H2,1-3H3,(H,18,19). The Kier molecular flexibility index (Phi) is 8.55. The van der Waals surface area contributed by atoms with E-state index in [0.717, 1.165) is 30.8 Å². The molecule has 23 heavy (non-hydrogen) atoms. The molecular formula is C17H35N5S. The van der Waals surface area contributed by atoms with Gasteiger partial charge in [-0.05, 0) is 32.9 Å². The maximum Gasteiger partial charge on any atom is 0.193 e. The highest BCUT2D eigenvalue weighted by atomic mass is 32.2. The summed E-state index contributed by atoms with van der Waals surface area (Å²) in [5, 5.41) is 4.33. The minimum atomic E-state index is 0.763. The average molecular weight is 342 g/mol. The molecule has 0 bridgehead atoms. The fourth-order valence-corrected chi connectivity index (χ4v) is 4.40. The zero-order valence-electron chi connectivity index (χ0n) is 15.3. The highest BCUT2D eigenvalue weighted by Crippen LogP contribution is 2.20. The summed E-state index contributed by atoms with van der Waals surface area (Å²) in [5.74, 6) is 2.33. The van der Waals surface area contributed by atoms with Crippen LogP contribution in [0.3, 0.4) is 0 Å². The van der Waals surface area contributed by atoms with Gasteiger partial charge >= 0.3 is 0 Å². The molecule has 0 aromatic heterocycles. The summed E-state index contributed by atoms with van der Waals surface area (Å²) >= 11 is 2.11. The summed E-state index contributed by atoms with van der Waals surface area (Å²) in [5.41, 5.74) is 0. The smallest absolute Gasteiger partial charge is 0.193 e. The Morgan fingerprint density at radius 3 is 2.65 bits per heavy atom. The monoisotopic (exact) mass is 341 g/mol. The summed E-state index contributed by atoms with van der Waals surface area (Å²) in [6, 6.07) is 0. The molecule has 134 valence electrons. The van der Waals surface area contributed by atoms with Gasteiger partial charge < -0.3 is 20.0 Å². The Balaban J connectivity index is 1.58. The number of nitrogens with one attached hydrogen (secondary N) is 1. The van der Waals surface area contributed by atoms with Crippen molar-refractivity contribution < 1.29 is 0 Å². The van der Waals surface area contributed by atoms with Gasteiger partial charge in [-0.25, -0.2) is 0 Å². The van der Waals surface area contributed by atoms with Crippen LogP contribution < -0.4 is 5.32 Å². The van der Waals surface area contributed by atoms with E-state index in [1.165, 1.54) is 57.7 Å². The summed E-state index contributed by atoms with van der Waals surface area (Å²) in [6.07, 6.45) is 3.76. The van der Waals surface area contributed by atoms with Gasteiger partial charge in [-0.3, -0.25) is 4.99 Å². The van der Waals surface area contributed by atoms with Crippen LogP contribution in [0.15, 0.2) is 4.99 Å². The second kappa shape index (κ2) is 10.4. The maximum atomic E-state index is 4.48. The van der Waals surface area contributed by atoms with Crippen molar-refractivity contribution in [3.63, 3.8) is 0 Å². The first-order valence-corrected chi connectivity index (χ1v) is 10.3. The fraction of sp³-hybridized carbons (Fsp3) is 0.941. The Morgan fingerprint density at radius 2 is 1.96 bits per heavy atom. The molecule has 2 saturated heterocycles. The van der Waals surface area contributed by atoms with Gasteiger partial charge in [-0.2, -0.15) is 11.8 Å². The van der Waals surface area contributed by atoms with Crippen LogP contribution in [-0.2, 0) is 0 Å². The summed E-state index contributed by atoms with van der Waals surface area (Å²) < 4.78 is 0. The molecule has 5 nitrogen and oxygen atoms in total. The van der Waals surface area contributed by atoms with Gasteiger partial charge in [0.15, 0.2) is 5.96 Å². The highest BCUT2D eigenvalue weighted by Gasteiger charge is 2.21. The third-order valence-electron chi connectivity index (χ3n) is 4.89. The minimum Gasteiger partial charge on any atom is -0.356 e. The summed E-state index contributed by atoms with van der Waals surface area (Å²) in [6.45, 7) is 11.7. The fourth-order valence-electron chi connectivity index (χ4n) is 3.22. The molecular weight excluding hydrogens is 306 g/mol. The zero-order chi connectivity index (χ0) is 16.5. The molecule has 2 aliphatic rings. The van der Waals surface area contributed by atoms with Gasteiger partial charge in [0, 0.05) is 63.9 Å². The molecule has 2 aliphatic heterocycles. The van der Waals surface area contributed by atoms with Crippen molar-refractivity contribution in [2.75, 3.05) is 72.2 Å². The predicted octanol–water partition coefficient (Wildman–Crippen LogP) is 1.42. The lowest BCUT2D eigenvalue weighted by Gasteiger charge is -2.34. The van der Waals surface area contributed by atoms with Crippen molar-refractivity contribution in [2.45, 2.75) is 31.4 Å². The number of likely N-dealkylation sites (N-methyl/N-ethyl adjacent to an activating group) is 1. The normalized spacial score (nSPS) is 24.9. The van der Waals surface area contributed by atoms with E-state index in [9.17, 15) is 0 Å². The van der Waals surface area contributed by atoms with Crippen LogP contribution in [0, 0.1) is 0 Å². The molecule has 2 heterocycles. The van der Waals surface area contributed by atoms with Gasteiger partial charge in [-0.15, -0.1) is 0 Å². The van der Waals surface area contributed by atoms with Gasteiger partial charge in [0.1, 0.15) is 0 Å². The minimum absolute atomic E-state index is 0.763. The van der Waals surface area contributed by atoms with E-state index in [1.54, 1.807) is 0 Å². The predicted molar refractivity (Wildman–Crippen MR) is 103 cm³/mol. The first-order valence-electron chi connectivity index (χ1n) is 9.21. The average Bonchev–Trinajstić information content (AvgIpc) is 2.59. The van der Waals surface area contributed by atoms with Crippen molar-refractivity contribution in [2.24, 2.45) is 4.99 Å². The summed E-state index contributed by atoms with van der Waals surface area (Å²) in [4.78, 5) is 11.9. The van der Waals surface area contributed by atoms with Crippen LogP contribution in [0.25, 0.3) is 0 Å². The third kappa shape index (κ3) is 6.51. The highest BCUT2D eigenvalue weighted by molar-refractivity contribution is 8.00. The molecule has 1 unspecified atom stereocenters. The number of unbranched alkanes of at least 4 members (excludes halogenated alkanes) is 1. The van der Waals surface area contributed by atoms with Crippen LogP contribution in [-0.4, -0.2) is 98.1 Å². The molecule has 1 atom stereocenters. The molecule has 2 fully saturated rings. The maximum absolute atomic E-state index is 4.48. The van der Waals surface area contributed by atoms with Gasteiger partial charge in [0.05, 0.1) is 0 Å². The number of rotatable bonds is 6. The lowest BCUT2D eigenvalue weighted by Crippen LogP contribution is -2.48. The topological polar surface area (TPSA) is 34.1 Å². The molecule has 0 aromatic rings. The Hall–Kier alpha value is -0.460.